The van der Waals surface area contributed by atoms with Crippen molar-refractivity contribution in [3.8, 4) is 11.8 Å². The zero-order valence-electron chi connectivity index (χ0n) is 19.3. The van der Waals surface area contributed by atoms with E-state index in [0.29, 0.717) is 5.92 Å². The summed E-state index contributed by atoms with van der Waals surface area (Å²) in [5, 5.41) is 0. The van der Waals surface area contributed by atoms with Gasteiger partial charge in [0, 0.05) is 5.56 Å². The Labute approximate surface area is 192 Å². The first-order valence-corrected chi connectivity index (χ1v) is 12.2. The molecule has 0 aromatic heterocycles. The van der Waals surface area contributed by atoms with Gasteiger partial charge in [0.05, 0.1) is 5.56 Å². The molecule has 0 heterocycles. The second-order valence-electron chi connectivity index (χ2n) is 9.83. The normalized spacial score (nSPS) is 25.2. The molecule has 2 aliphatic carbocycles. The summed E-state index contributed by atoms with van der Waals surface area (Å²) in [5.41, 5.74) is 2.59. The maximum atomic E-state index is 14.8. The predicted molar refractivity (Wildman–Crippen MR) is 128 cm³/mol. The molecule has 0 bridgehead atoms. The third kappa shape index (κ3) is 5.50. The Hall–Kier alpha value is -2.40. The molecule has 2 aromatic carbocycles. The summed E-state index contributed by atoms with van der Waals surface area (Å²) in [6.07, 6.45) is 14.1. The van der Waals surface area contributed by atoms with E-state index in [4.69, 9.17) is 0 Å². The highest BCUT2D eigenvalue weighted by Gasteiger charge is 2.36. The smallest absolute Gasteiger partial charge is 0.142 e. The van der Waals surface area contributed by atoms with E-state index in [0.717, 1.165) is 41.4 Å². The number of aryl methyl sites for hydroxylation is 1. The van der Waals surface area contributed by atoms with Crippen molar-refractivity contribution in [2.75, 3.05) is 0 Å². The van der Waals surface area contributed by atoms with Crippen LogP contribution in [0, 0.1) is 48.2 Å². The maximum Gasteiger partial charge on any atom is 0.142 e. The minimum absolute atomic E-state index is 0.121. The van der Waals surface area contributed by atoms with Crippen LogP contribution in [0.3, 0.4) is 0 Å². The van der Waals surface area contributed by atoms with Gasteiger partial charge in [-0.2, -0.15) is 0 Å². The molecular weight excluding hydrogens is 398 g/mol. The molecule has 4 rings (SSSR count). The molecule has 4 unspecified atom stereocenters. The van der Waals surface area contributed by atoms with Crippen LogP contribution in [0.2, 0.25) is 0 Å². The van der Waals surface area contributed by atoms with Crippen LogP contribution >= 0.6 is 0 Å². The zero-order valence-corrected chi connectivity index (χ0v) is 19.3. The van der Waals surface area contributed by atoms with Crippen molar-refractivity contribution in [2.45, 2.75) is 71.1 Å². The minimum Gasteiger partial charge on any atom is -0.206 e. The Balaban J connectivity index is 1.42. The summed E-state index contributed by atoms with van der Waals surface area (Å²) >= 11 is 0. The minimum atomic E-state index is -0.533. The highest BCUT2D eigenvalue weighted by Crippen LogP contribution is 2.48. The molecule has 2 heteroatoms. The monoisotopic (exact) mass is 432 g/mol. The fourth-order valence-corrected chi connectivity index (χ4v) is 5.77. The molecule has 0 saturated heterocycles. The molecule has 0 radical (unpaired) electrons. The molecule has 0 nitrogen and oxygen atoms in total. The van der Waals surface area contributed by atoms with Gasteiger partial charge in [-0.25, -0.2) is 8.78 Å². The lowest BCUT2D eigenvalue weighted by Crippen LogP contribution is -2.30. The van der Waals surface area contributed by atoms with Gasteiger partial charge in [0.25, 0.3) is 0 Å². The van der Waals surface area contributed by atoms with Crippen molar-refractivity contribution in [2.24, 2.45) is 17.8 Å². The SMILES string of the molecule is C/C=C/CCC1CCC2CC(c3cc(F)c(C#Cc4ccc(C)cc4)c(F)c3)CCC2C1. The number of hydrogen-bond donors (Lipinski definition) is 0. The lowest BCUT2D eigenvalue weighted by molar-refractivity contribution is 0.115. The van der Waals surface area contributed by atoms with E-state index >= 15 is 0 Å². The van der Waals surface area contributed by atoms with Crippen LogP contribution in [-0.2, 0) is 0 Å². The highest BCUT2D eigenvalue weighted by atomic mass is 19.1. The van der Waals surface area contributed by atoms with Crippen LogP contribution in [0.5, 0.6) is 0 Å². The Morgan fingerprint density at radius 2 is 1.59 bits per heavy atom. The van der Waals surface area contributed by atoms with Crippen molar-refractivity contribution in [3.63, 3.8) is 0 Å². The molecule has 4 atom stereocenters. The maximum absolute atomic E-state index is 14.8. The number of allylic oxidation sites excluding steroid dienone is 2. The van der Waals surface area contributed by atoms with E-state index in [9.17, 15) is 8.78 Å². The number of halogens is 2. The molecule has 2 aromatic rings. The molecule has 2 fully saturated rings. The van der Waals surface area contributed by atoms with E-state index < -0.39 is 11.6 Å². The number of hydrogen-bond acceptors (Lipinski definition) is 0. The van der Waals surface area contributed by atoms with E-state index in [1.54, 1.807) is 0 Å². The first kappa shape index (κ1) is 22.8. The summed E-state index contributed by atoms with van der Waals surface area (Å²) in [6, 6.07) is 10.7. The van der Waals surface area contributed by atoms with Crippen LogP contribution in [0.25, 0.3) is 0 Å². The van der Waals surface area contributed by atoms with E-state index in [1.807, 2.05) is 31.2 Å². The van der Waals surface area contributed by atoms with E-state index in [1.165, 1.54) is 50.7 Å². The predicted octanol–water partition coefficient (Wildman–Crippen LogP) is 8.33. The van der Waals surface area contributed by atoms with Crippen molar-refractivity contribution < 1.29 is 8.78 Å². The first-order valence-electron chi connectivity index (χ1n) is 12.2. The Morgan fingerprint density at radius 3 is 2.31 bits per heavy atom. The Morgan fingerprint density at radius 1 is 0.906 bits per heavy atom. The second-order valence-corrected chi connectivity index (χ2v) is 9.83. The van der Waals surface area contributed by atoms with Gasteiger partial charge in [-0.3, -0.25) is 0 Å². The molecule has 32 heavy (non-hydrogen) atoms. The van der Waals surface area contributed by atoms with Crippen molar-refractivity contribution >= 4 is 0 Å². The third-order valence-electron chi connectivity index (χ3n) is 7.62. The fraction of sp³-hybridized carbons (Fsp3) is 0.467. The summed E-state index contributed by atoms with van der Waals surface area (Å²) in [7, 11) is 0. The average molecular weight is 433 g/mol. The van der Waals surface area contributed by atoms with Crippen molar-refractivity contribution in [1.29, 1.82) is 0 Å². The summed E-state index contributed by atoms with van der Waals surface area (Å²) < 4.78 is 29.6. The van der Waals surface area contributed by atoms with Gasteiger partial charge in [-0.1, -0.05) is 48.1 Å². The molecular formula is C30H34F2. The second kappa shape index (κ2) is 10.5. The largest absolute Gasteiger partial charge is 0.206 e. The number of rotatable bonds is 4. The van der Waals surface area contributed by atoms with Crippen LogP contribution in [0.4, 0.5) is 8.78 Å². The van der Waals surface area contributed by atoms with Gasteiger partial charge < -0.3 is 0 Å². The van der Waals surface area contributed by atoms with Gasteiger partial charge in [0.1, 0.15) is 11.6 Å². The standard InChI is InChI=1S/C30H34F2/c1-3-4-5-6-23-11-13-25-18-26(15-14-24(25)17-23)27-19-29(31)28(30(32)20-27)16-12-22-9-7-21(2)8-10-22/h3-4,7-10,19-20,23-26H,5-6,11,13-15,17-18H2,1-2H3/b4-3+. The summed E-state index contributed by atoms with van der Waals surface area (Å²) in [5.74, 6) is 7.16. The number of fused-ring (bicyclic) bond motifs is 1. The van der Waals surface area contributed by atoms with E-state index in [-0.39, 0.29) is 11.5 Å². The zero-order chi connectivity index (χ0) is 22.5. The Kier molecular flexibility index (Phi) is 7.46. The van der Waals surface area contributed by atoms with E-state index in [2.05, 4.69) is 30.9 Å². The van der Waals surface area contributed by atoms with Gasteiger partial charge in [0.2, 0.25) is 0 Å². The van der Waals surface area contributed by atoms with Gasteiger partial charge >= 0.3 is 0 Å². The molecule has 0 N–H and O–H groups in total. The summed E-state index contributed by atoms with van der Waals surface area (Å²) in [6.45, 7) is 4.09. The number of benzene rings is 2. The lowest BCUT2D eigenvalue weighted by atomic mass is 9.63. The topological polar surface area (TPSA) is 0 Å². The van der Waals surface area contributed by atoms with Gasteiger partial charge in [-0.15, -0.1) is 0 Å². The molecule has 2 saturated carbocycles. The molecule has 0 amide bonds. The lowest BCUT2D eigenvalue weighted by Gasteiger charge is -2.42. The van der Waals surface area contributed by atoms with Crippen LogP contribution in [0.15, 0.2) is 48.6 Å². The van der Waals surface area contributed by atoms with Crippen LogP contribution in [0.1, 0.15) is 86.5 Å². The van der Waals surface area contributed by atoms with Crippen LogP contribution < -0.4 is 0 Å². The van der Waals surface area contributed by atoms with Crippen molar-refractivity contribution in [3.05, 3.63) is 82.4 Å². The molecule has 2 aliphatic rings. The average Bonchev–Trinajstić information content (AvgIpc) is 2.79. The highest BCUT2D eigenvalue weighted by molar-refractivity contribution is 5.46. The van der Waals surface area contributed by atoms with Gasteiger partial charge in [0.15, 0.2) is 0 Å². The quantitative estimate of drug-likeness (QED) is 0.336. The molecule has 168 valence electrons. The van der Waals surface area contributed by atoms with Crippen molar-refractivity contribution in [1.82, 2.24) is 0 Å². The third-order valence-corrected chi connectivity index (χ3v) is 7.62. The first-order chi connectivity index (χ1) is 15.5. The summed E-state index contributed by atoms with van der Waals surface area (Å²) in [4.78, 5) is 0. The van der Waals surface area contributed by atoms with Crippen LogP contribution in [-0.4, -0.2) is 0 Å². The fourth-order valence-electron chi connectivity index (χ4n) is 5.77. The van der Waals surface area contributed by atoms with Gasteiger partial charge in [-0.05, 0) is 112 Å². The molecule has 0 aliphatic heterocycles. The Bertz CT molecular complexity index is 982. The molecule has 0 spiro atoms.